The molecule has 0 radical (unpaired) electrons. The van der Waals surface area contributed by atoms with E-state index in [1.54, 1.807) is 0 Å². The Morgan fingerprint density at radius 3 is 2.31 bits per heavy atom. The van der Waals surface area contributed by atoms with Gasteiger partial charge >= 0.3 is 0 Å². The van der Waals surface area contributed by atoms with Crippen LogP contribution in [-0.4, -0.2) is 6.10 Å². The van der Waals surface area contributed by atoms with Crippen LogP contribution in [0.2, 0.25) is 0 Å². The molecular weight excluding hydrogens is 196 g/mol. The van der Waals surface area contributed by atoms with E-state index in [9.17, 15) is 0 Å². The Kier molecular flexibility index (Phi) is 3.52. The fourth-order valence-corrected chi connectivity index (χ4v) is 2.41. The van der Waals surface area contributed by atoms with Gasteiger partial charge in [-0.25, -0.2) is 0 Å². The van der Waals surface area contributed by atoms with Gasteiger partial charge < -0.3 is 4.74 Å². The molecule has 3 unspecified atom stereocenters. The van der Waals surface area contributed by atoms with Gasteiger partial charge in [0.15, 0.2) is 0 Å². The summed E-state index contributed by atoms with van der Waals surface area (Å²) in [7, 11) is 0. The van der Waals surface area contributed by atoms with Crippen LogP contribution in [0.1, 0.15) is 38.7 Å². The van der Waals surface area contributed by atoms with Crippen LogP contribution in [0, 0.1) is 18.8 Å². The molecule has 0 saturated heterocycles. The Hall–Kier alpha value is -0.980. The van der Waals surface area contributed by atoms with Crippen molar-refractivity contribution in [2.24, 2.45) is 11.8 Å². The Labute approximate surface area is 98.8 Å². The minimum Gasteiger partial charge on any atom is -0.490 e. The predicted molar refractivity (Wildman–Crippen MR) is 67.8 cm³/mol. The Morgan fingerprint density at radius 2 is 1.69 bits per heavy atom. The van der Waals surface area contributed by atoms with Crippen molar-refractivity contribution in [2.75, 3.05) is 0 Å². The van der Waals surface area contributed by atoms with Gasteiger partial charge in [0.2, 0.25) is 0 Å². The van der Waals surface area contributed by atoms with Crippen molar-refractivity contribution in [3.8, 4) is 5.75 Å². The van der Waals surface area contributed by atoms with Gasteiger partial charge in [0.05, 0.1) is 6.10 Å². The number of benzene rings is 1. The van der Waals surface area contributed by atoms with E-state index in [0.717, 1.165) is 17.6 Å². The molecule has 1 aromatic carbocycles. The van der Waals surface area contributed by atoms with Crippen LogP contribution in [0.25, 0.3) is 0 Å². The second-order valence-electron chi connectivity index (χ2n) is 5.32. The van der Waals surface area contributed by atoms with Crippen molar-refractivity contribution in [2.45, 2.75) is 46.1 Å². The second-order valence-corrected chi connectivity index (χ2v) is 5.32. The fraction of sp³-hybridized carbons (Fsp3) is 0.600. The Bertz CT molecular complexity index is 328. The summed E-state index contributed by atoms with van der Waals surface area (Å²) in [5.41, 5.74) is 1.29. The molecule has 1 fully saturated rings. The van der Waals surface area contributed by atoms with E-state index in [-0.39, 0.29) is 0 Å². The maximum absolute atomic E-state index is 6.03. The van der Waals surface area contributed by atoms with Gasteiger partial charge in [-0.3, -0.25) is 0 Å². The first-order chi connectivity index (χ1) is 7.65. The lowest BCUT2D eigenvalue weighted by Gasteiger charge is -2.32. The number of rotatable bonds is 2. The normalized spacial score (nSPS) is 30.1. The van der Waals surface area contributed by atoms with Crippen molar-refractivity contribution in [1.82, 2.24) is 0 Å². The summed E-state index contributed by atoms with van der Waals surface area (Å²) in [6.45, 7) is 6.80. The van der Waals surface area contributed by atoms with E-state index in [2.05, 4.69) is 45.0 Å². The minimum absolute atomic E-state index is 0.425. The second kappa shape index (κ2) is 4.90. The molecule has 0 aromatic heterocycles. The van der Waals surface area contributed by atoms with Gasteiger partial charge in [0.1, 0.15) is 5.75 Å². The maximum Gasteiger partial charge on any atom is 0.119 e. The molecule has 0 spiro atoms. The summed E-state index contributed by atoms with van der Waals surface area (Å²) in [5, 5.41) is 0. The van der Waals surface area contributed by atoms with Crippen LogP contribution in [0.15, 0.2) is 24.3 Å². The quantitative estimate of drug-likeness (QED) is 0.723. The molecule has 1 nitrogen and oxygen atoms in total. The standard InChI is InChI=1S/C15H22O/c1-11-4-7-14(8-5-11)16-15-9-6-12(2)13(3)10-15/h4-5,7-8,12-13,15H,6,9-10H2,1-3H3. The van der Waals surface area contributed by atoms with Gasteiger partial charge in [-0.15, -0.1) is 0 Å². The summed E-state index contributed by atoms with van der Waals surface area (Å²) < 4.78 is 6.03. The van der Waals surface area contributed by atoms with Crippen LogP contribution in [0.5, 0.6) is 5.75 Å². The van der Waals surface area contributed by atoms with E-state index in [0.29, 0.717) is 6.10 Å². The van der Waals surface area contributed by atoms with Gasteiger partial charge in [-0.05, 0) is 50.2 Å². The summed E-state index contributed by atoms with van der Waals surface area (Å²) in [4.78, 5) is 0. The molecule has 1 aliphatic rings. The zero-order chi connectivity index (χ0) is 11.5. The molecule has 1 aliphatic carbocycles. The number of hydrogen-bond acceptors (Lipinski definition) is 1. The van der Waals surface area contributed by atoms with Crippen molar-refractivity contribution < 1.29 is 4.74 Å². The maximum atomic E-state index is 6.03. The zero-order valence-electron chi connectivity index (χ0n) is 10.6. The third-order valence-electron chi connectivity index (χ3n) is 3.87. The molecular formula is C15H22O. The van der Waals surface area contributed by atoms with Crippen LogP contribution in [0.4, 0.5) is 0 Å². The molecule has 0 aliphatic heterocycles. The Morgan fingerprint density at radius 1 is 1.00 bits per heavy atom. The molecule has 0 bridgehead atoms. The number of aryl methyl sites for hydroxylation is 1. The predicted octanol–water partition coefficient (Wildman–Crippen LogP) is 4.20. The van der Waals surface area contributed by atoms with Crippen molar-refractivity contribution in [1.29, 1.82) is 0 Å². The Balaban J connectivity index is 1.93. The average Bonchev–Trinajstić information content (AvgIpc) is 2.27. The zero-order valence-corrected chi connectivity index (χ0v) is 10.6. The molecule has 0 N–H and O–H groups in total. The number of ether oxygens (including phenoxy) is 1. The average molecular weight is 218 g/mol. The van der Waals surface area contributed by atoms with Crippen molar-refractivity contribution in [3.63, 3.8) is 0 Å². The van der Waals surface area contributed by atoms with Gasteiger partial charge in [-0.2, -0.15) is 0 Å². The molecule has 1 saturated carbocycles. The van der Waals surface area contributed by atoms with Crippen LogP contribution in [-0.2, 0) is 0 Å². The SMILES string of the molecule is Cc1ccc(OC2CCC(C)C(C)C2)cc1. The summed E-state index contributed by atoms with van der Waals surface area (Å²) in [6.07, 6.45) is 4.14. The lowest BCUT2D eigenvalue weighted by atomic mass is 9.80. The van der Waals surface area contributed by atoms with Gasteiger partial charge in [-0.1, -0.05) is 31.5 Å². The molecule has 1 heteroatoms. The summed E-state index contributed by atoms with van der Waals surface area (Å²) >= 11 is 0. The highest BCUT2D eigenvalue weighted by atomic mass is 16.5. The highest BCUT2D eigenvalue weighted by Gasteiger charge is 2.25. The first-order valence-corrected chi connectivity index (χ1v) is 6.38. The van der Waals surface area contributed by atoms with Crippen LogP contribution in [0.3, 0.4) is 0 Å². The molecule has 1 aromatic rings. The highest BCUT2D eigenvalue weighted by Crippen LogP contribution is 2.31. The monoisotopic (exact) mass is 218 g/mol. The molecule has 88 valence electrons. The van der Waals surface area contributed by atoms with Crippen molar-refractivity contribution >= 4 is 0 Å². The van der Waals surface area contributed by atoms with E-state index in [4.69, 9.17) is 4.74 Å². The van der Waals surface area contributed by atoms with Crippen LogP contribution >= 0.6 is 0 Å². The molecule has 16 heavy (non-hydrogen) atoms. The van der Waals surface area contributed by atoms with Crippen LogP contribution < -0.4 is 4.74 Å². The molecule has 3 atom stereocenters. The van der Waals surface area contributed by atoms with E-state index in [1.807, 2.05) is 0 Å². The first kappa shape index (κ1) is 11.5. The lowest BCUT2D eigenvalue weighted by Crippen LogP contribution is -2.28. The minimum atomic E-state index is 0.425. The van der Waals surface area contributed by atoms with Gasteiger partial charge in [0.25, 0.3) is 0 Å². The summed E-state index contributed by atoms with van der Waals surface area (Å²) in [5.74, 6) is 2.68. The van der Waals surface area contributed by atoms with Crippen molar-refractivity contribution in [3.05, 3.63) is 29.8 Å². The van der Waals surface area contributed by atoms with Gasteiger partial charge in [0, 0.05) is 0 Å². The lowest BCUT2D eigenvalue weighted by molar-refractivity contribution is 0.101. The summed E-state index contributed by atoms with van der Waals surface area (Å²) in [6, 6.07) is 8.39. The topological polar surface area (TPSA) is 9.23 Å². The largest absolute Gasteiger partial charge is 0.490 e. The first-order valence-electron chi connectivity index (χ1n) is 6.38. The molecule has 0 amide bonds. The van der Waals surface area contributed by atoms with E-state index >= 15 is 0 Å². The van der Waals surface area contributed by atoms with E-state index < -0.39 is 0 Å². The third kappa shape index (κ3) is 2.78. The third-order valence-corrected chi connectivity index (χ3v) is 3.87. The highest BCUT2D eigenvalue weighted by molar-refractivity contribution is 5.26. The smallest absolute Gasteiger partial charge is 0.119 e. The molecule has 2 rings (SSSR count). The van der Waals surface area contributed by atoms with E-state index in [1.165, 1.54) is 24.8 Å². The number of hydrogen-bond donors (Lipinski definition) is 0. The fourth-order valence-electron chi connectivity index (χ4n) is 2.41. The molecule has 0 heterocycles.